The molecule has 0 fully saturated rings. The lowest BCUT2D eigenvalue weighted by atomic mass is 10.0. The average Bonchev–Trinajstić information content (AvgIpc) is 3.14. The van der Waals surface area contributed by atoms with Crippen molar-refractivity contribution in [1.82, 2.24) is 0 Å². The molecule has 0 aromatic rings. The fourth-order valence-electron chi connectivity index (χ4n) is 5.66. The Morgan fingerprint density at radius 2 is 0.615 bits per heavy atom. The predicted octanol–water partition coefficient (Wildman–Crippen LogP) is 12.4. The third kappa shape index (κ3) is 39.1. The molecule has 308 valence electrons. The molecule has 0 saturated carbocycles. The highest BCUT2D eigenvalue weighted by molar-refractivity contribution is 5.70. The van der Waals surface area contributed by atoms with Crippen molar-refractivity contribution in [2.75, 3.05) is 26.4 Å². The molecule has 0 saturated heterocycles. The van der Waals surface area contributed by atoms with Crippen LogP contribution in [0.5, 0.6) is 0 Å². The monoisotopic (exact) mass is 741 g/mol. The highest BCUT2D eigenvalue weighted by atomic mass is 16.5. The Labute approximate surface area is 321 Å². The van der Waals surface area contributed by atoms with Gasteiger partial charge in [0.15, 0.2) is 0 Å². The number of carbonyl (C=O) groups is 4. The zero-order valence-corrected chi connectivity index (χ0v) is 35.0. The van der Waals surface area contributed by atoms with Crippen LogP contribution in [0, 0.1) is 11.8 Å². The number of hydrogen-bond donors (Lipinski definition) is 0. The molecule has 8 heteroatoms. The summed E-state index contributed by atoms with van der Waals surface area (Å²) in [7, 11) is 0. The zero-order valence-electron chi connectivity index (χ0n) is 35.0. The average molecular weight is 741 g/mol. The van der Waals surface area contributed by atoms with Crippen molar-refractivity contribution in [3.63, 3.8) is 0 Å². The summed E-state index contributed by atoms with van der Waals surface area (Å²) < 4.78 is 21.1. The summed E-state index contributed by atoms with van der Waals surface area (Å²) in [5, 5.41) is 0. The highest BCUT2D eigenvalue weighted by Gasteiger charge is 2.11. The molecular weight excluding hydrogens is 656 g/mol. The predicted molar refractivity (Wildman–Crippen MR) is 214 cm³/mol. The maximum atomic E-state index is 11.9. The van der Waals surface area contributed by atoms with Crippen LogP contribution in [-0.4, -0.2) is 50.3 Å². The molecule has 0 aliphatic heterocycles. The molecule has 0 rings (SSSR count). The minimum Gasteiger partial charge on any atom is -0.466 e. The quantitative estimate of drug-likeness (QED) is 0.0355. The van der Waals surface area contributed by atoms with Crippen LogP contribution < -0.4 is 0 Å². The molecule has 0 amide bonds. The molecule has 0 aliphatic rings. The SMILES string of the molecule is CCCCC(CC)COC(=O)CCCCCCCCC(=O)OCC(CC)CCCC.CCCCOC(=O)CCCCCCCCC(=O)OCCCC. The van der Waals surface area contributed by atoms with Gasteiger partial charge in [-0.05, 0) is 63.2 Å². The van der Waals surface area contributed by atoms with Crippen molar-refractivity contribution in [2.45, 2.75) is 221 Å². The highest BCUT2D eigenvalue weighted by Crippen LogP contribution is 2.16. The lowest BCUT2D eigenvalue weighted by Gasteiger charge is -2.14. The van der Waals surface area contributed by atoms with E-state index in [9.17, 15) is 19.2 Å². The summed E-state index contributed by atoms with van der Waals surface area (Å²) in [6, 6.07) is 0. The van der Waals surface area contributed by atoms with Gasteiger partial charge in [0.1, 0.15) is 0 Å². The normalized spacial score (nSPS) is 12.0. The van der Waals surface area contributed by atoms with Crippen molar-refractivity contribution in [2.24, 2.45) is 11.8 Å². The zero-order chi connectivity index (χ0) is 38.9. The van der Waals surface area contributed by atoms with Crippen LogP contribution in [0.15, 0.2) is 0 Å². The molecule has 2 unspecified atom stereocenters. The van der Waals surface area contributed by atoms with E-state index in [1.165, 1.54) is 25.7 Å². The molecule has 0 aromatic carbocycles. The van der Waals surface area contributed by atoms with Gasteiger partial charge in [0.25, 0.3) is 0 Å². The largest absolute Gasteiger partial charge is 0.466 e. The molecule has 0 bridgehead atoms. The van der Waals surface area contributed by atoms with Gasteiger partial charge in [0, 0.05) is 25.7 Å². The van der Waals surface area contributed by atoms with Crippen LogP contribution in [0.1, 0.15) is 221 Å². The molecule has 0 aromatic heterocycles. The summed E-state index contributed by atoms with van der Waals surface area (Å²) in [6.07, 6.45) is 27.8. The number of hydrogen-bond acceptors (Lipinski definition) is 8. The van der Waals surface area contributed by atoms with E-state index in [1.807, 2.05) is 0 Å². The standard InChI is InChI=1S/C26H50O4.C18H34O4/c1-5-9-17-23(7-3)21-29-25(27)19-15-13-11-12-14-16-20-26(28)30-22-24(8-4)18-10-6-2;1-3-5-15-21-17(19)13-11-9-7-8-10-12-14-18(20)22-16-6-4-2/h23-24H,5-22H2,1-4H3;3-16H2,1-2H3. The second-order valence-corrected chi connectivity index (χ2v) is 14.6. The van der Waals surface area contributed by atoms with Gasteiger partial charge in [-0.1, -0.05) is 144 Å². The maximum absolute atomic E-state index is 11.9. The van der Waals surface area contributed by atoms with E-state index < -0.39 is 0 Å². The molecule has 8 nitrogen and oxygen atoms in total. The maximum Gasteiger partial charge on any atom is 0.305 e. The second kappa shape index (κ2) is 41.6. The van der Waals surface area contributed by atoms with Gasteiger partial charge in [0.05, 0.1) is 26.4 Å². The first-order valence-electron chi connectivity index (χ1n) is 21.9. The Balaban J connectivity index is 0. The van der Waals surface area contributed by atoms with E-state index in [1.54, 1.807) is 0 Å². The van der Waals surface area contributed by atoms with E-state index in [0.717, 1.165) is 128 Å². The van der Waals surface area contributed by atoms with E-state index in [-0.39, 0.29) is 23.9 Å². The summed E-state index contributed by atoms with van der Waals surface area (Å²) in [5.74, 6) is 0.815. The number of rotatable bonds is 36. The Kier molecular flexibility index (Phi) is 41.6. The van der Waals surface area contributed by atoms with Crippen LogP contribution in [0.3, 0.4) is 0 Å². The Hall–Kier alpha value is -2.12. The fourth-order valence-corrected chi connectivity index (χ4v) is 5.66. The number of ether oxygens (including phenoxy) is 4. The summed E-state index contributed by atoms with van der Waals surface area (Å²) in [5.41, 5.74) is 0. The van der Waals surface area contributed by atoms with Crippen LogP contribution >= 0.6 is 0 Å². The molecule has 2 atom stereocenters. The van der Waals surface area contributed by atoms with Gasteiger partial charge >= 0.3 is 23.9 Å². The Morgan fingerprint density at radius 1 is 0.346 bits per heavy atom. The Bertz CT molecular complexity index is 748. The van der Waals surface area contributed by atoms with Crippen LogP contribution in [-0.2, 0) is 38.1 Å². The van der Waals surface area contributed by atoms with Crippen molar-refractivity contribution in [3.8, 4) is 0 Å². The van der Waals surface area contributed by atoms with E-state index in [4.69, 9.17) is 18.9 Å². The Morgan fingerprint density at radius 3 is 0.885 bits per heavy atom. The molecule has 0 aliphatic carbocycles. The van der Waals surface area contributed by atoms with Gasteiger partial charge in [-0.3, -0.25) is 19.2 Å². The number of esters is 4. The number of unbranched alkanes of at least 4 members (excludes halogenated alkanes) is 14. The van der Waals surface area contributed by atoms with Crippen LogP contribution in [0.25, 0.3) is 0 Å². The van der Waals surface area contributed by atoms with Gasteiger partial charge in [0.2, 0.25) is 0 Å². The lowest BCUT2D eigenvalue weighted by Crippen LogP contribution is -2.13. The van der Waals surface area contributed by atoms with Gasteiger partial charge in [-0.15, -0.1) is 0 Å². The first kappa shape index (κ1) is 52.0. The fraction of sp³-hybridized carbons (Fsp3) is 0.909. The van der Waals surface area contributed by atoms with E-state index >= 15 is 0 Å². The molecule has 0 radical (unpaired) electrons. The smallest absolute Gasteiger partial charge is 0.305 e. The van der Waals surface area contributed by atoms with Crippen LogP contribution in [0.2, 0.25) is 0 Å². The summed E-state index contributed by atoms with van der Waals surface area (Å²) >= 11 is 0. The molecule has 52 heavy (non-hydrogen) atoms. The second-order valence-electron chi connectivity index (χ2n) is 14.6. The van der Waals surface area contributed by atoms with Gasteiger partial charge in [-0.25, -0.2) is 0 Å². The van der Waals surface area contributed by atoms with Gasteiger partial charge in [-0.2, -0.15) is 0 Å². The number of carbonyl (C=O) groups excluding carboxylic acids is 4. The summed E-state index contributed by atoms with van der Waals surface area (Å²) in [6.45, 7) is 15.2. The topological polar surface area (TPSA) is 105 Å². The van der Waals surface area contributed by atoms with E-state index in [0.29, 0.717) is 63.9 Å². The first-order chi connectivity index (χ1) is 25.3. The summed E-state index contributed by atoms with van der Waals surface area (Å²) in [4.78, 5) is 46.5. The first-order valence-corrected chi connectivity index (χ1v) is 21.9. The van der Waals surface area contributed by atoms with Gasteiger partial charge < -0.3 is 18.9 Å². The molecular formula is C44H84O8. The third-order valence-electron chi connectivity index (χ3n) is 9.59. The van der Waals surface area contributed by atoms with Crippen molar-refractivity contribution in [3.05, 3.63) is 0 Å². The van der Waals surface area contributed by atoms with Crippen molar-refractivity contribution in [1.29, 1.82) is 0 Å². The minimum atomic E-state index is -0.0664. The molecule has 0 heterocycles. The molecule has 0 spiro atoms. The third-order valence-corrected chi connectivity index (χ3v) is 9.59. The lowest BCUT2D eigenvalue weighted by molar-refractivity contribution is -0.146. The van der Waals surface area contributed by atoms with E-state index in [2.05, 4.69) is 41.5 Å². The minimum absolute atomic E-state index is 0.0444. The molecule has 0 N–H and O–H groups in total. The van der Waals surface area contributed by atoms with Crippen molar-refractivity contribution < 1.29 is 38.1 Å². The van der Waals surface area contributed by atoms with Crippen molar-refractivity contribution >= 4 is 23.9 Å². The van der Waals surface area contributed by atoms with Crippen LogP contribution in [0.4, 0.5) is 0 Å².